The zero-order valence-electron chi connectivity index (χ0n) is 17.4. The molecule has 3 aromatic rings. The molecule has 1 amide bonds. The number of hydrogen-bond donors (Lipinski definition) is 0. The Bertz CT molecular complexity index is 1040. The molecular formula is C23H23N3O5. The molecule has 1 aromatic heterocycles. The van der Waals surface area contributed by atoms with Crippen molar-refractivity contribution < 1.29 is 19.2 Å². The molecule has 8 heteroatoms. The summed E-state index contributed by atoms with van der Waals surface area (Å²) in [4.78, 5) is 30.4. The summed E-state index contributed by atoms with van der Waals surface area (Å²) in [6.07, 6.45) is 2.24. The molecule has 0 saturated carbocycles. The maximum Gasteiger partial charge on any atom is 0.286 e. The number of nitro groups is 1. The first-order valence-electron chi connectivity index (χ1n) is 9.67. The lowest BCUT2D eigenvalue weighted by molar-refractivity contribution is -0.385. The summed E-state index contributed by atoms with van der Waals surface area (Å²) in [7, 11) is 2.80. The largest absolute Gasteiger partial charge is 0.493 e. The summed E-state index contributed by atoms with van der Waals surface area (Å²) in [6.45, 7) is 0.586. The second-order valence-electron chi connectivity index (χ2n) is 6.76. The van der Waals surface area contributed by atoms with Gasteiger partial charge in [0.25, 0.3) is 11.6 Å². The summed E-state index contributed by atoms with van der Waals surface area (Å²) in [5.74, 6) is -0.0437. The molecule has 0 unspecified atom stereocenters. The maximum absolute atomic E-state index is 13.5. The van der Waals surface area contributed by atoms with Crippen molar-refractivity contribution in [1.82, 2.24) is 9.88 Å². The highest BCUT2D eigenvalue weighted by molar-refractivity contribution is 5.99. The molecule has 0 aliphatic carbocycles. The van der Waals surface area contributed by atoms with E-state index in [1.165, 1.54) is 26.4 Å². The standard InChI is InChI=1S/C23H23N3O5/c1-30-21-14-19(20(26(28)29)15-22(21)31-2)23(27)25(16-18-10-6-7-12-24-18)13-11-17-8-4-3-5-9-17/h3-10,12,14-15H,11,13,16H2,1-2H3. The summed E-state index contributed by atoms with van der Waals surface area (Å²) < 4.78 is 10.4. The molecule has 0 fully saturated rings. The summed E-state index contributed by atoms with van der Waals surface area (Å²) >= 11 is 0. The van der Waals surface area contributed by atoms with E-state index in [4.69, 9.17) is 9.47 Å². The molecule has 0 saturated heterocycles. The Kier molecular flexibility index (Phi) is 7.16. The quantitative estimate of drug-likeness (QED) is 0.384. The summed E-state index contributed by atoms with van der Waals surface area (Å²) in [5, 5.41) is 11.7. The number of rotatable bonds is 9. The smallest absolute Gasteiger partial charge is 0.286 e. The minimum Gasteiger partial charge on any atom is -0.493 e. The summed E-state index contributed by atoms with van der Waals surface area (Å²) in [6, 6.07) is 17.7. The van der Waals surface area contributed by atoms with E-state index in [1.807, 2.05) is 42.5 Å². The first kappa shape index (κ1) is 21.8. The predicted molar refractivity (Wildman–Crippen MR) is 115 cm³/mol. The Morgan fingerprint density at radius 1 is 1.03 bits per heavy atom. The first-order chi connectivity index (χ1) is 15.0. The van der Waals surface area contributed by atoms with E-state index in [-0.39, 0.29) is 29.3 Å². The van der Waals surface area contributed by atoms with E-state index in [0.717, 1.165) is 5.56 Å². The fourth-order valence-corrected chi connectivity index (χ4v) is 3.21. The van der Waals surface area contributed by atoms with Crippen LogP contribution in [0, 0.1) is 10.1 Å². The topological polar surface area (TPSA) is 94.8 Å². The molecule has 2 aromatic carbocycles. The van der Waals surface area contributed by atoms with Crippen LogP contribution in [0.2, 0.25) is 0 Å². The van der Waals surface area contributed by atoms with Gasteiger partial charge in [0.05, 0.1) is 37.4 Å². The van der Waals surface area contributed by atoms with Crippen LogP contribution in [0.5, 0.6) is 11.5 Å². The predicted octanol–water partition coefficient (Wildman–Crippen LogP) is 3.89. The van der Waals surface area contributed by atoms with E-state index in [9.17, 15) is 14.9 Å². The number of nitro benzene ring substituents is 1. The second-order valence-corrected chi connectivity index (χ2v) is 6.76. The van der Waals surface area contributed by atoms with Gasteiger partial charge in [-0.2, -0.15) is 0 Å². The van der Waals surface area contributed by atoms with E-state index in [1.54, 1.807) is 17.2 Å². The van der Waals surface area contributed by atoms with E-state index in [0.29, 0.717) is 18.7 Å². The Balaban J connectivity index is 1.97. The number of hydrogen-bond acceptors (Lipinski definition) is 6. The van der Waals surface area contributed by atoms with Crippen LogP contribution in [0.3, 0.4) is 0 Å². The third kappa shape index (κ3) is 5.36. The fraction of sp³-hybridized carbons (Fsp3) is 0.217. The van der Waals surface area contributed by atoms with Crippen LogP contribution in [0.4, 0.5) is 5.69 Å². The number of ether oxygens (including phenoxy) is 2. The first-order valence-corrected chi connectivity index (χ1v) is 9.67. The van der Waals surface area contributed by atoms with Crippen LogP contribution in [0.15, 0.2) is 66.9 Å². The fourth-order valence-electron chi connectivity index (χ4n) is 3.21. The van der Waals surface area contributed by atoms with Crippen LogP contribution < -0.4 is 9.47 Å². The van der Waals surface area contributed by atoms with Crippen LogP contribution in [0.25, 0.3) is 0 Å². The molecule has 0 atom stereocenters. The molecule has 0 spiro atoms. The normalized spacial score (nSPS) is 10.4. The van der Waals surface area contributed by atoms with Gasteiger partial charge in [-0.1, -0.05) is 36.4 Å². The lowest BCUT2D eigenvalue weighted by Crippen LogP contribution is -2.33. The molecule has 0 bridgehead atoms. The number of pyridine rings is 1. The molecule has 0 N–H and O–H groups in total. The van der Waals surface area contributed by atoms with Gasteiger partial charge in [0.15, 0.2) is 11.5 Å². The number of benzene rings is 2. The lowest BCUT2D eigenvalue weighted by Gasteiger charge is -2.23. The van der Waals surface area contributed by atoms with Crippen LogP contribution in [-0.2, 0) is 13.0 Å². The Hall–Kier alpha value is -3.94. The van der Waals surface area contributed by atoms with Crippen LogP contribution in [-0.4, -0.2) is 41.5 Å². The van der Waals surface area contributed by atoms with Gasteiger partial charge < -0.3 is 14.4 Å². The lowest BCUT2D eigenvalue weighted by atomic mass is 10.1. The van der Waals surface area contributed by atoms with Crippen LogP contribution in [0.1, 0.15) is 21.6 Å². The number of aromatic nitrogens is 1. The molecular weight excluding hydrogens is 398 g/mol. The second kappa shape index (κ2) is 10.2. The third-order valence-corrected chi connectivity index (χ3v) is 4.81. The SMILES string of the molecule is COc1cc(C(=O)N(CCc2ccccc2)Cc2ccccn2)c([N+](=O)[O-])cc1OC. The molecule has 1 heterocycles. The van der Waals surface area contributed by atoms with Gasteiger partial charge in [0.2, 0.25) is 0 Å². The summed E-state index contributed by atoms with van der Waals surface area (Å²) in [5.41, 5.74) is 1.34. The van der Waals surface area contributed by atoms with Crippen molar-refractivity contribution in [1.29, 1.82) is 0 Å². The van der Waals surface area contributed by atoms with Crippen LogP contribution >= 0.6 is 0 Å². The van der Waals surface area contributed by atoms with Crippen molar-refractivity contribution >= 4 is 11.6 Å². The Labute approximate surface area is 180 Å². The molecule has 0 radical (unpaired) electrons. The molecule has 8 nitrogen and oxygen atoms in total. The minimum absolute atomic E-state index is 0.0633. The molecule has 3 rings (SSSR count). The minimum atomic E-state index is -0.592. The van der Waals surface area contributed by atoms with Gasteiger partial charge >= 0.3 is 0 Å². The zero-order valence-corrected chi connectivity index (χ0v) is 17.4. The number of carbonyl (C=O) groups excluding carboxylic acids is 1. The molecule has 0 aliphatic rings. The average Bonchev–Trinajstić information content (AvgIpc) is 2.81. The Morgan fingerprint density at radius 3 is 2.32 bits per heavy atom. The van der Waals surface area contributed by atoms with Gasteiger partial charge in [0.1, 0.15) is 5.56 Å². The average molecular weight is 421 g/mol. The van der Waals surface area contributed by atoms with Crippen molar-refractivity contribution in [2.75, 3.05) is 20.8 Å². The number of amides is 1. The zero-order chi connectivity index (χ0) is 22.2. The van der Waals surface area contributed by atoms with E-state index < -0.39 is 10.8 Å². The van der Waals surface area contributed by atoms with E-state index in [2.05, 4.69) is 4.98 Å². The van der Waals surface area contributed by atoms with Crippen molar-refractivity contribution in [3.8, 4) is 11.5 Å². The highest BCUT2D eigenvalue weighted by Gasteiger charge is 2.28. The van der Waals surface area contributed by atoms with Gasteiger partial charge in [-0.05, 0) is 24.1 Å². The highest BCUT2D eigenvalue weighted by Crippen LogP contribution is 2.35. The number of methoxy groups -OCH3 is 2. The number of nitrogens with zero attached hydrogens (tertiary/aromatic N) is 3. The monoisotopic (exact) mass is 421 g/mol. The van der Waals surface area contributed by atoms with Crippen molar-refractivity contribution in [2.24, 2.45) is 0 Å². The van der Waals surface area contributed by atoms with Crippen molar-refractivity contribution in [3.63, 3.8) is 0 Å². The molecule has 31 heavy (non-hydrogen) atoms. The highest BCUT2D eigenvalue weighted by atomic mass is 16.6. The van der Waals surface area contributed by atoms with Gasteiger partial charge in [0, 0.05) is 18.8 Å². The third-order valence-electron chi connectivity index (χ3n) is 4.81. The molecule has 160 valence electrons. The van der Waals surface area contributed by atoms with Gasteiger partial charge in [-0.15, -0.1) is 0 Å². The Morgan fingerprint density at radius 2 is 1.71 bits per heavy atom. The van der Waals surface area contributed by atoms with Crippen molar-refractivity contribution in [2.45, 2.75) is 13.0 Å². The van der Waals surface area contributed by atoms with E-state index >= 15 is 0 Å². The number of carbonyl (C=O) groups is 1. The van der Waals surface area contributed by atoms with Gasteiger partial charge in [-0.25, -0.2) is 0 Å². The molecule has 0 aliphatic heterocycles. The van der Waals surface area contributed by atoms with Crippen molar-refractivity contribution in [3.05, 3.63) is 93.8 Å². The van der Waals surface area contributed by atoms with Gasteiger partial charge in [-0.3, -0.25) is 19.9 Å². The maximum atomic E-state index is 13.5.